The van der Waals surface area contributed by atoms with Crippen molar-refractivity contribution in [2.75, 3.05) is 11.4 Å². The normalized spacial score (nSPS) is 11.3. The lowest BCUT2D eigenvalue weighted by Gasteiger charge is -2.25. The molecule has 1 aromatic carbocycles. The molecule has 0 aliphatic carbocycles. The van der Waals surface area contributed by atoms with Gasteiger partial charge in [0, 0.05) is 24.1 Å². The van der Waals surface area contributed by atoms with E-state index in [1.807, 2.05) is 12.1 Å². The van der Waals surface area contributed by atoms with Gasteiger partial charge in [-0.05, 0) is 49.2 Å². The lowest BCUT2D eigenvalue weighted by Crippen LogP contribution is -2.42. The summed E-state index contributed by atoms with van der Waals surface area (Å²) in [5.41, 5.74) is 0.144. The Kier molecular flexibility index (Phi) is 5.20. The van der Waals surface area contributed by atoms with E-state index >= 15 is 0 Å². The monoisotopic (exact) mass is 323 g/mol. The SMILES string of the molecule is O=C([O-])N(CCCc1ccccn1)c1ccc(C(F)(F)F)cc1. The maximum atomic E-state index is 12.5. The Balaban J connectivity index is 2.02. The summed E-state index contributed by atoms with van der Waals surface area (Å²) in [6.45, 7) is 0.115. The molecule has 0 radical (unpaired) electrons. The Labute approximate surface area is 131 Å². The molecule has 4 nitrogen and oxygen atoms in total. The summed E-state index contributed by atoms with van der Waals surface area (Å²) in [7, 11) is 0. The highest BCUT2D eigenvalue weighted by atomic mass is 19.4. The Hall–Kier alpha value is -2.57. The molecule has 0 unspecified atom stereocenters. The molecule has 0 fully saturated rings. The molecule has 1 heterocycles. The first-order valence-electron chi connectivity index (χ1n) is 6.93. The highest BCUT2D eigenvalue weighted by Crippen LogP contribution is 2.30. The van der Waals surface area contributed by atoms with Gasteiger partial charge in [-0.3, -0.25) is 4.98 Å². The quantitative estimate of drug-likeness (QED) is 0.850. The van der Waals surface area contributed by atoms with Crippen molar-refractivity contribution in [2.45, 2.75) is 19.0 Å². The van der Waals surface area contributed by atoms with E-state index in [1.54, 1.807) is 12.3 Å². The molecule has 2 aromatic rings. The number of hydrogen-bond acceptors (Lipinski definition) is 3. The van der Waals surface area contributed by atoms with Gasteiger partial charge in [0.15, 0.2) is 0 Å². The van der Waals surface area contributed by atoms with Crippen molar-refractivity contribution in [3.63, 3.8) is 0 Å². The molecule has 0 saturated heterocycles. The second kappa shape index (κ2) is 7.13. The van der Waals surface area contributed by atoms with E-state index < -0.39 is 17.8 Å². The first kappa shape index (κ1) is 16.8. The van der Waals surface area contributed by atoms with Crippen LogP contribution in [0, 0.1) is 0 Å². The largest absolute Gasteiger partial charge is 0.530 e. The zero-order valence-corrected chi connectivity index (χ0v) is 12.1. The Morgan fingerprint density at radius 2 is 1.83 bits per heavy atom. The second-order valence-corrected chi connectivity index (χ2v) is 4.89. The van der Waals surface area contributed by atoms with Gasteiger partial charge in [0.2, 0.25) is 0 Å². The Bertz CT molecular complexity index is 643. The summed E-state index contributed by atoms with van der Waals surface area (Å²) in [5, 5.41) is 11.2. The smallest absolute Gasteiger partial charge is 0.416 e. The average Bonchev–Trinajstić information content (AvgIpc) is 2.51. The number of pyridine rings is 1. The van der Waals surface area contributed by atoms with Crippen molar-refractivity contribution in [1.82, 2.24) is 4.98 Å². The van der Waals surface area contributed by atoms with Crippen LogP contribution in [-0.4, -0.2) is 17.6 Å². The second-order valence-electron chi connectivity index (χ2n) is 4.89. The maximum Gasteiger partial charge on any atom is 0.416 e. The van der Waals surface area contributed by atoms with Gasteiger partial charge in [-0.25, -0.2) is 0 Å². The topological polar surface area (TPSA) is 56.3 Å². The number of anilines is 1. The number of aryl methyl sites for hydroxylation is 1. The van der Waals surface area contributed by atoms with Gasteiger partial charge < -0.3 is 14.8 Å². The van der Waals surface area contributed by atoms with Gasteiger partial charge in [0.25, 0.3) is 0 Å². The third kappa shape index (κ3) is 4.70. The number of amides is 1. The van der Waals surface area contributed by atoms with Gasteiger partial charge in [-0.15, -0.1) is 0 Å². The molecule has 1 aromatic heterocycles. The predicted molar refractivity (Wildman–Crippen MR) is 76.7 cm³/mol. The van der Waals surface area contributed by atoms with E-state index in [1.165, 1.54) is 0 Å². The van der Waals surface area contributed by atoms with Crippen LogP contribution in [0.2, 0.25) is 0 Å². The molecule has 23 heavy (non-hydrogen) atoms. The fourth-order valence-corrected chi connectivity index (χ4v) is 2.12. The van der Waals surface area contributed by atoms with E-state index in [4.69, 9.17) is 0 Å². The standard InChI is InChI=1S/C16H15F3N2O2/c17-16(18,19)12-6-8-14(9-7-12)21(15(22)23)11-3-5-13-4-1-2-10-20-13/h1-2,4,6-10H,3,5,11H2,(H,22,23)/p-1. The van der Waals surface area contributed by atoms with Crippen LogP contribution in [0.5, 0.6) is 0 Å². The molecule has 0 aliphatic heterocycles. The maximum absolute atomic E-state index is 12.5. The number of rotatable bonds is 5. The van der Waals surface area contributed by atoms with Crippen LogP contribution in [0.4, 0.5) is 23.7 Å². The highest BCUT2D eigenvalue weighted by molar-refractivity contribution is 5.84. The van der Waals surface area contributed by atoms with Gasteiger partial charge in [0.05, 0.1) is 5.56 Å². The molecule has 1 amide bonds. The molecule has 2 rings (SSSR count). The number of benzene rings is 1. The Morgan fingerprint density at radius 1 is 1.13 bits per heavy atom. The first-order valence-corrected chi connectivity index (χ1v) is 6.93. The Morgan fingerprint density at radius 3 is 2.35 bits per heavy atom. The number of hydrogen-bond donors (Lipinski definition) is 0. The molecule has 0 N–H and O–H groups in total. The van der Waals surface area contributed by atoms with Crippen molar-refractivity contribution < 1.29 is 23.1 Å². The van der Waals surface area contributed by atoms with Gasteiger partial charge in [-0.2, -0.15) is 13.2 Å². The molecule has 7 heteroatoms. The van der Waals surface area contributed by atoms with E-state index in [0.29, 0.717) is 12.8 Å². The average molecular weight is 323 g/mol. The summed E-state index contributed by atoms with van der Waals surface area (Å²) in [6, 6.07) is 9.38. The van der Waals surface area contributed by atoms with Gasteiger partial charge in [0.1, 0.15) is 6.09 Å². The fourth-order valence-electron chi connectivity index (χ4n) is 2.12. The number of aromatic nitrogens is 1. The lowest BCUT2D eigenvalue weighted by molar-refractivity contribution is -0.246. The fraction of sp³-hybridized carbons (Fsp3) is 0.250. The molecular weight excluding hydrogens is 309 g/mol. The number of carboxylic acid groups (broad SMARTS) is 1. The minimum Gasteiger partial charge on any atom is -0.530 e. The van der Waals surface area contributed by atoms with Crippen molar-refractivity contribution in [3.8, 4) is 0 Å². The highest BCUT2D eigenvalue weighted by Gasteiger charge is 2.30. The van der Waals surface area contributed by atoms with Crippen molar-refractivity contribution >= 4 is 11.8 Å². The van der Waals surface area contributed by atoms with E-state index in [2.05, 4.69) is 4.98 Å². The van der Waals surface area contributed by atoms with Crippen LogP contribution >= 0.6 is 0 Å². The number of alkyl halides is 3. The molecule has 0 bridgehead atoms. The minimum atomic E-state index is -4.45. The minimum absolute atomic E-state index is 0.115. The zero-order chi connectivity index (χ0) is 16.9. The van der Waals surface area contributed by atoms with Crippen LogP contribution in [0.25, 0.3) is 0 Å². The van der Waals surface area contributed by atoms with Gasteiger partial charge >= 0.3 is 6.18 Å². The molecule has 122 valence electrons. The van der Waals surface area contributed by atoms with Crippen molar-refractivity contribution in [3.05, 3.63) is 59.9 Å². The third-order valence-corrected chi connectivity index (χ3v) is 3.27. The van der Waals surface area contributed by atoms with Crippen LogP contribution in [0.15, 0.2) is 48.7 Å². The van der Waals surface area contributed by atoms with Crippen molar-refractivity contribution in [1.29, 1.82) is 0 Å². The summed E-state index contributed by atoms with van der Waals surface area (Å²) < 4.78 is 37.6. The number of halogens is 3. The number of carbonyl (C=O) groups is 1. The third-order valence-electron chi connectivity index (χ3n) is 3.27. The number of carbonyl (C=O) groups excluding carboxylic acids is 1. The summed E-state index contributed by atoms with van der Waals surface area (Å²) in [6.07, 6.45) is -3.23. The summed E-state index contributed by atoms with van der Waals surface area (Å²) >= 11 is 0. The van der Waals surface area contributed by atoms with E-state index in [0.717, 1.165) is 34.9 Å². The summed E-state index contributed by atoms with van der Waals surface area (Å²) in [5.74, 6) is 0. The van der Waals surface area contributed by atoms with Crippen molar-refractivity contribution in [2.24, 2.45) is 0 Å². The predicted octanol–water partition coefficient (Wildman–Crippen LogP) is 2.88. The zero-order valence-electron chi connectivity index (χ0n) is 12.1. The molecule has 0 spiro atoms. The molecule has 0 aliphatic rings. The lowest BCUT2D eigenvalue weighted by atomic mass is 10.1. The van der Waals surface area contributed by atoms with Crippen LogP contribution in [0.1, 0.15) is 17.7 Å². The van der Waals surface area contributed by atoms with Crippen LogP contribution in [0.3, 0.4) is 0 Å². The van der Waals surface area contributed by atoms with Crippen LogP contribution < -0.4 is 10.0 Å². The molecule has 0 saturated carbocycles. The molecule has 0 atom stereocenters. The van der Waals surface area contributed by atoms with E-state index in [9.17, 15) is 23.1 Å². The summed E-state index contributed by atoms with van der Waals surface area (Å²) in [4.78, 5) is 16.2. The van der Waals surface area contributed by atoms with Gasteiger partial charge in [-0.1, -0.05) is 6.07 Å². The van der Waals surface area contributed by atoms with Crippen LogP contribution in [-0.2, 0) is 12.6 Å². The first-order chi connectivity index (χ1) is 10.9. The number of nitrogens with zero attached hydrogens (tertiary/aromatic N) is 2. The molecular formula is C16H14F3N2O2-. The van der Waals surface area contributed by atoms with E-state index in [-0.39, 0.29) is 12.2 Å².